The molecule has 0 fully saturated rings. The molecule has 6 aromatic rings. The molecule has 0 spiro atoms. The van der Waals surface area contributed by atoms with Crippen LogP contribution in [0, 0.1) is 51.8 Å². The number of allylic oxidation sites excluding steroid dienone is 9. The number of hydrogen-bond acceptors (Lipinski definition) is 3. The molecule has 2 aromatic heterocycles. The first kappa shape index (κ1) is 32.8. The molecule has 4 atom stereocenters. The second kappa shape index (κ2) is 13.2. The van der Waals surface area contributed by atoms with Gasteiger partial charge >= 0.3 is 0 Å². The molecule has 0 aliphatic heterocycles. The summed E-state index contributed by atoms with van der Waals surface area (Å²) in [5.74, 6) is 6.74. The van der Waals surface area contributed by atoms with Crippen LogP contribution in [0.4, 0.5) is 0 Å². The molecule has 0 radical (unpaired) electrons. The largest absolute Gasteiger partial charge is 0.339 e. The van der Waals surface area contributed by atoms with Crippen molar-refractivity contribution in [3.05, 3.63) is 166 Å². The van der Waals surface area contributed by atoms with Crippen LogP contribution in [0.5, 0.6) is 0 Å². The number of fused-ring (bicyclic) bond motifs is 6. The number of nitriles is 3. The fourth-order valence-electron chi connectivity index (χ4n) is 8.76. The van der Waals surface area contributed by atoms with E-state index in [2.05, 4.69) is 132 Å². The van der Waals surface area contributed by atoms with E-state index in [-0.39, 0.29) is 23.8 Å². The second-order valence-corrected chi connectivity index (χ2v) is 14.4. The number of para-hydroxylation sites is 2. The van der Waals surface area contributed by atoms with Crippen LogP contribution in [0.1, 0.15) is 71.7 Å². The summed E-state index contributed by atoms with van der Waals surface area (Å²) in [6.07, 6.45) is 15.8. The molecule has 5 nitrogen and oxygen atoms in total. The maximum absolute atomic E-state index is 10.2. The van der Waals surface area contributed by atoms with Crippen LogP contribution in [-0.2, 0) is 6.54 Å². The Morgan fingerprint density at radius 1 is 0.815 bits per heavy atom. The Morgan fingerprint density at radius 3 is 2.39 bits per heavy atom. The van der Waals surface area contributed by atoms with Gasteiger partial charge in [0.05, 0.1) is 46.3 Å². The third-order valence-electron chi connectivity index (χ3n) is 11.6. The lowest BCUT2D eigenvalue weighted by molar-refractivity contribution is 0.594. The Morgan fingerprint density at radius 2 is 1.61 bits per heavy atom. The van der Waals surface area contributed by atoms with Crippen molar-refractivity contribution in [3.8, 4) is 30.0 Å². The average Bonchev–Trinajstić information content (AvgIpc) is 3.73. The maximum Gasteiger partial charge on any atom is 0.121 e. The highest BCUT2D eigenvalue weighted by atomic mass is 15.0. The summed E-state index contributed by atoms with van der Waals surface area (Å²) in [7, 11) is 0. The lowest BCUT2D eigenvalue weighted by Crippen LogP contribution is -2.16. The van der Waals surface area contributed by atoms with Crippen LogP contribution in [0.15, 0.2) is 133 Å². The third kappa shape index (κ3) is 5.22. The third-order valence-corrected chi connectivity index (χ3v) is 11.6. The number of hydrogen-bond donors (Lipinski definition) is 0. The van der Waals surface area contributed by atoms with Gasteiger partial charge in [-0.05, 0) is 95.8 Å². The smallest absolute Gasteiger partial charge is 0.121 e. The van der Waals surface area contributed by atoms with E-state index < -0.39 is 0 Å². The minimum atomic E-state index is -0.235. The summed E-state index contributed by atoms with van der Waals surface area (Å²) in [6.45, 7) is 5.03. The van der Waals surface area contributed by atoms with Crippen LogP contribution in [0.2, 0.25) is 0 Å². The van der Waals surface area contributed by atoms with Crippen molar-refractivity contribution < 1.29 is 0 Å². The topological polar surface area (TPSA) is 81.2 Å². The van der Waals surface area contributed by atoms with E-state index in [9.17, 15) is 15.8 Å². The molecule has 0 saturated carbocycles. The van der Waals surface area contributed by atoms with E-state index in [1.54, 1.807) is 0 Å². The van der Waals surface area contributed by atoms with Crippen LogP contribution in [-0.4, -0.2) is 9.13 Å². The average molecular weight is 694 g/mol. The normalized spacial score (nSPS) is 20.8. The SMILES string of the molecule is C/C(=C1\C=CC#C[C@@H]1n1c2ccccc2c2cc(C#N)ccc21)c1ccc(C#N)c(C2C=CC(Cn3c4c(c5ccccc53)C=CC(C#N)C4C)=CC2)c1. The molecule has 2 heterocycles. The molecule has 3 unspecified atom stereocenters. The summed E-state index contributed by atoms with van der Waals surface area (Å²) < 4.78 is 4.69. The first-order chi connectivity index (χ1) is 26.5. The predicted molar refractivity (Wildman–Crippen MR) is 217 cm³/mol. The summed E-state index contributed by atoms with van der Waals surface area (Å²) in [5.41, 5.74) is 12.6. The van der Waals surface area contributed by atoms with E-state index in [0.717, 1.165) is 57.0 Å². The van der Waals surface area contributed by atoms with Crippen molar-refractivity contribution in [1.82, 2.24) is 9.13 Å². The Bertz CT molecular complexity index is 2920. The maximum atomic E-state index is 10.2. The van der Waals surface area contributed by atoms with Gasteiger partial charge in [-0.25, -0.2) is 0 Å². The Balaban J connectivity index is 1.05. The van der Waals surface area contributed by atoms with E-state index in [4.69, 9.17) is 0 Å². The van der Waals surface area contributed by atoms with Crippen molar-refractivity contribution in [2.24, 2.45) is 5.92 Å². The number of rotatable bonds is 5. The van der Waals surface area contributed by atoms with Gasteiger partial charge < -0.3 is 9.13 Å². The quantitative estimate of drug-likeness (QED) is 0.169. The van der Waals surface area contributed by atoms with Crippen molar-refractivity contribution in [3.63, 3.8) is 0 Å². The van der Waals surface area contributed by atoms with Crippen LogP contribution in [0.25, 0.3) is 44.4 Å². The molecule has 4 aromatic carbocycles. The molecule has 3 aliphatic carbocycles. The fraction of sp³-hybridized carbons (Fsp3) is 0.163. The Labute approximate surface area is 315 Å². The van der Waals surface area contributed by atoms with Gasteiger partial charge in [0.2, 0.25) is 0 Å². The molecule has 9 rings (SSSR count). The summed E-state index contributed by atoms with van der Waals surface area (Å²) in [4.78, 5) is 0. The lowest BCUT2D eigenvalue weighted by Gasteiger charge is -2.25. The molecule has 0 bridgehead atoms. The number of nitrogens with zero attached hydrogens (tertiary/aromatic N) is 5. The molecule has 0 N–H and O–H groups in total. The van der Waals surface area contributed by atoms with Crippen molar-refractivity contribution >= 4 is 44.4 Å². The highest BCUT2D eigenvalue weighted by Gasteiger charge is 2.29. The van der Waals surface area contributed by atoms with Crippen LogP contribution >= 0.6 is 0 Å². The molecule has 3 aliphatic rings. The molecule has 0 saturated heterocycles. The zero-order valence-electron chi connectivity index (χ0n) is 30.1. The highest BCUT2D eigenvalue weighted by molar-refractivity contribution is 6.09. The summed E-state index contributed by atoms with van der Waals surface area (Å²) in [5, 5.41) is 33.1. The molecule has 54 heavy (non-hydrogen) atoms. The monoisotopic (exact) mass is 693 g/mol. The highest BCUT2D eigenvalue weighted by Crippen LogP contribution is 2.42. The number of aromatic nitrogens is 2. The number of benzene rings is 4. The van der Waals surface area contributed by atoms with Crippen molar-refractivity contribution in [2.45, 2.75) is 44.7 Å². The molecular formula is C49H35N5. The van der Waals surface area contributed by atoms with Gasteiger partial charge in [-0.2, -0.15) is 15.8 Å². The van der Waals surface area contributed by atoms with Crippen molar-refractivity contribution in [2.75, 3.05) is 0 Å². The first-order valence-electron chi connectivity index (χ1n) is 18.4. The summed E-state index contributed by atoms with van der Waals surface area (Å²) >= 11 is 0. The second-order valence-electron chi connectivity index (χ2n) is 14.4. The molecule has 256 valence electrons. The van der Waals surface area contributed by atoms with Gasteiger partial charge in [0.25, 0.3) is 0 Å². The van der Waals surface area contributed by atoms with Crippen LogP contribution < -0.4 is 0 Å². The van der Waals surface area contributed by atoms with Gasteiger partial charge in [0, 0.05) is 51.3 Å². The minimum absolute atomic E-state index is 0.0606. The molecule has 5 heteroatoms. The fourth-order valence-corrected chi connectivity index (χ4v) is 8.76. The molecular weight excluding hydrogens is 659 g/mol. The van der Waals surface area contributed by atoms with Crippen molar-refractivity contribution in [1.29, 1.82) is 15.8 Å². The Hall–Kier alpha value is -7.05. The molecule has 0 amide bonds. The van der Waals surface area contributed by atoms with Gasteiger partial charge in [-0.3, -0.25) is 0 Å². The predicted octanol–water partition coefficient (Wildman–Crippen LogP) is 11.0. The summed E-state index contributed by atoms with van der Waals surface area (Å²) in [6, 6.07) is 35.9. The zero-order chi connectivity index (χ0) is 36.9. The lowest BCUT2D eigenvalue weighted by atomic mass is 9.84. The van der Waals surface area contributed by atoms with Gasteiger partial charge in [0.15, 0.2) is 0 Å². The zero-order valence-corrected chi connectivity index (χ0v) is 30.1. The van der Waals surface area contributed by atoms with Gasteiger partial charge in [0.1, 0.15) is 6.04 Å². The van der Waals surface area contributed by atoms with Gasteiger partial charge in [-0.15, -0.1) is 0 Å². The minimum Gasteiger partial charge on any atom is -0.339 e. The van der Waals surface area contributed by atoms with E-state index >= 15 is 0 Å². The first-order valence-corrected chi connectivity index (χ1v) is 18.4. The standard InChI is InChI=1S/C49H35N5/c1-31(39-9-3-7-13-46(39)54-47-14-8-5-11-41(47)44-25-34(27-50)17-24-48(44)54)36-20-21-38(29-52)43(26-36)35-18-15-33(16-19-35)30-53-45-12-6-4-10-40(45)42-23-22-37(28-51)32(2)49(42)53/h3-6,8-12,14-18,20-26,32,35,37,46H,19,30H2,1-2H3/b39-31-/t32?,35?,37?,46-/m0/s1. The van der Waals surface area contributed by atoms with Gasteiger partial charge in [-0.1, -0.05) is 91.6 Å². The van der Waals surface area contributed by atoms with Crippen LogP contribution in [0.3, 0.4) is 0 Å². The van der Waals surface area contributed by atoms with E-state index in [1.165, 1.54) is 27.7 Å². The Kier molecular flexibility index (Phi) is 8.01. The van der Waals surface area contributed by atoms with E-state index in [1.807, 2.05) is 48.6 Å². The van der Waals surface area contributed by atoms with E-state index in [0.29, 0.717) is 11.1 Å².